The van der Waals surface area contributed by atoms with E-state index in [1.165, 1.54) is 12.1 Å². The molecule has 0 aromatic heterocycles. The van der Waals surface area contributed by atoms with Crippen molar-refractivity contribution in [3.63, 3.8) is 0 Å². The minimum absolute atomic E-state index is 0.00368. The Bertz CT molecular complexity index is 463. The second-order valence-corrected chi connectivity index (χ2v) is 5.01. The molecule has 112 valence electrons. The Morgan fingerprint density at radius 3 is 2.60 bits per heavy atom. The summed E-state index contributed by atoms with van der Waals surface area (Å²) in [5, 5.41) is 5.69. The van der Waals surface area contributed by atoms with Crippen molar-refractivity contribution in [2.45, 2.75) is 19.5 Å². The monoisotopic (exact) mass is 352 g/mol. The zero-order valence-corrected chi connectivity index (χ0v) is 12.6. The number of rotatable bonds is 6. The second kappa shape index (κ2) is 7.64. The standard InChI is InChI=1S/C13H16BrF3N2O/c1-2-18-6-3-7-19-12(20)9-4-5-11(14)10(8-9)13(15,16)17/h4-5,8,18H,2-3,6-7H2,1H3,(H,19,20). The molecule has 1 aromatic rings. The predicted molar refractivity (Wildman–Crippen MR) is 74.6 cm³/mol. The first-order valence-corrected chi connectivity index (χ1v) is 7.01. The van der Waals surface area contributed by atoms with Crippen LogP contribution in [0, 0.1) is 0 Å². The number of hydrogen-bond donors (Lipinski definition) is 2. The van der Waals surface area contributed by atoms with Crippen LogP contribution in [-0.2, 0) is 6.18 Å². The zero-order chi connectivity index (χ0) is 15.2. The average molecular weight is 353 g/mol. The highest BCUT2D eigenvalue weighted by Gasteiger charge is 2.33. The normalized spacial score (nSPS) is 11.4. The van der Waals surface area contributed by atoms with E-state index in [-0.39, 0.29) is 10.0 Å². The predicted octanol–water partition coefficient (Wildman–Crippen LogP) is 3.20. The molecule has 1 amide bonds. The van der Waals surface area contributed by atoms with Gasteiger partial charge in [0.05, 0.1) is 5.56 Å². The van der Waals surface area contributed by atoms with Gasteiger partial charge in [0.25, 0.3) is 5.91 Å². The van der Waals surface area contributed by atoms with Crippen LogP contribution < -0.4 is 10.6 Å². The van der Waals surface area contributed by atoms with E-state index in [0.29, 0.717) is 6.54 Å². The fourth-order valence-corrected chi connectivity index (χ4v) is 2.05. The molecule has 1 aromatic carbocycles. The molecule has 0 aliphatic rings. The van der Waals surface area contributed by atoms with Gasteiger partial charge in [-0.15, -0.1) is 0 Å². The van der Waals surface area contributed by atoms with Crippen molar-refractivity contribution < 1.29 is 18.0 Å². The molecule has 0 bridgehead atoms. The molecule has 0 fully saturated rings. The van der Waals surface area contributed by atoms with E-state index in [9.17, 15) is 18.0 Å². The smallest absolute Gasteiger partial charge is 0.352 e. The number of carbonyl (C=O) groups is 1. The van der Waals surface area contributed by atoms with Crippen molar-refractivity contribution in [2.75, 3.05) is 19.6 Å². The number of nitrogens with one attached hydrogen (secondary N) is 2. The molecule has 7 heteroatoms. The van der Waals surface area contributed by atoms with Crippen LogP contribution in [0.2, 0.25) is 0 Å². The second-order valence-electron chi connectivity index (χ2n) is 4.16. The number of amides is 1. The minimum Gasteiger partial charge on any atom is -0.352 e. The molecule has 0 atom stereocenters. The van der Waals surface area contributed by atoms with Gasteiger partial charge < -0.3 is 10.6 Å². The summed E-state index contributed by atoms with van der Waals surface area (Å²) < 4.78 is 38.1. The summed E-state index contributed by atoms with van der Waals surface area (Å²) >= 11 is 2.84. The fraction of sp³-hybridized carbons (Fsp3) is 0.462. The number of carbonyl (C=O) groups excluding carboxylic acids is 1. The third-order valence-corrected chi connectivity index (χ3v) is 3.29. The average Bonchev–Trinajstić information content (AvgIpc) is 2.37. The Kier molecular flexibility index (Phi) is 6.48. The van der Waals surface area contributed by atoms with Crippen LogP contribution in [0.3, 0.4) is 0 Å². The summed E-state index contributed by atoms with van der Waals surface area (Å²) in [5.41, 5.74) is -0.846. The van der Waals surface area contributed by atoms with Gasteiger partial charge in [-0.25, -0.2) is 0 Å². The number of halogens is 4. The van der Waals surface area contributed by atoms with Crippen molar-refractivity contribution >= 4 is 21.8 Å². The van der Waals surface area contributed by atoms with Gasteiger partial charge in [0.15, 0.2) is 0 Å². The van der Waals surface area contributed by atoms with Crippen LogP contribution >= 0.6 is 15.9 Å². The summed E-state index contributed by atoms with van der Waals surface area (Å²) in [6.07, 6.45) is -3.76. The van der Waals surface area contributed by atoms with Crippen LogP contribution in [0.15, 0.2) is 22.7 Å². The first-order valence-electron chi connectivity index (χ1n) is 6.22. The number of benzene rings is 1. The molecule has 1 rings (SSSR count). The van der Waals surface area contributed by atoms with Gasteiger partial charge in [0.2, 0.25) is 0 Å². The molecule has 0 spiro atoms. The van der Waals surface area contributed by atoms with Crippen molar-refractivity contribution in [3.05, 3.63) is 33.8 Å². The highest BCUT2D eigenvalue weighted by atomic mass is 79.9. The van der Waals surface area contributed by atoms with Crippen LogP contribution in [-0.4, -0.2) is 25.5 Å². The minimum atomic E-state index is -4.49. The van der Waals surface area contributed by atoms with Crippen molar-refractivity contribution in [3.8, 4) is 0 Å². The van der Waals surface area contributed by atoms with E-state index in [4.69, 9.17) is 0 Å². The molecule has 2 N–H and O–H groups in total. The van der Waals surface area contributed by atoms with Gasteiger partial charge in [-0.05, 0) is 37.7 Å². The first kappa shape index (κ1) is 17.0. The van der Waals surface area contributed by atoms with E-state index >= 15 is 0 Å². The van der Waals surface area contributed by atoms with Crippen LogP contribution in [0.5, 0.6) is 0 Å². The van der Waals surface area contributed by atoms with Gasteiger partial charge in [0, 0.05) is 16.6 Å². The lowest BCUT2D eigenvalue weighted by Gasteiger charge is -2.11. The largest absolute Gasteiger partial charge is 0.417 e. The van der Waals surface area contributed by atoms with E-state index in [2.05, 4.69) is 26.6 Å². The summed E-state index contributed by atoms with van der Waals surface area (Å²) in [5.74, 6) is -0.500. The van der Waals surface area contributed by atoms with Gasteiger partial charge >= 0.3 is 6.18 Å². The molecule has 0 saturated heterocycles. The highest BCUT2D eigenvalue weighted by molar-refractivity contribution is 9.10. The summed E-state index contributed by atoms with van der Waals surface area (Å²) in [6.45, 7) is 3.99. The Balaban J connectivity index is 2.65. The van der Waals surface area contributed by atoms with Gasteiger partial charge in [0.1, 0.15) is 0 Å². The Morgan fingerprint density at radius 2 is 2.00 bits per heavy atom. The number of alkyl halides is 3. The topological polar surface area (TPSA) is 41.1 Å². The van der Waals surface area contributed by atoms with Gasteiger partial charge in [-0.3, -0.25) is 4.79 Å². The Morgan fingerprint density at radius 1 is 1.30 bits per heavy atom. The van der Waals surface area contributed by atoms with E-state index < -0.39 is 17.6 Å². The van der Waals surface area contributed by atoms with Crippen molar-refractivity contribution in [1.82, 2.24) is 10.6 Å². The molecule has 20 heavy (non-hydrogen) atoms. The van der Waals surface area contributed by atoms with E-state index in [0.717, 1.165) is 25.6 Å². The third kappa shape index (κ3) is 5.13. The molecule has 0 radical (unpaired) electrons. The molecule has 0 heterocycles. The SMILES string of the molecule is CCNCCCNC(=O)c1ccc(Br)c(C(F)(F)F)c1. The Labute approximate surface area is 124 Å². The molecular weight excluding hydrogens is 337 g/mol. The lowest BCUT2D eigenvalue weighted by atomic mass is 10.1. The maximum atomic E-state index is 12.7. The first-order chi connectivity index (χ1) is 9.36. The summed E-state index contributed by atoms with van der Waals surface area (Å²) in [6, 6.07) is 3.44. The lowest BCUT2D eigenvalue weighted by molar-refractivity contribution is -0.138. The quantitative estimate of drug-likeness (QED) is 0.772. The molecule has 3 nitrogen and oxygen atoms in total. The highest BCUT2D eigenvalue weighted by Crippen LogP contribution is 2.35. The van der Waals surface area contributed by atoms with Gasteiger partial charge in [-0.1, -0.05) is 22.9 Å². The zero-order valence-electron chi connectivity index (χ0n) is 11.0. The molecule has 0 aliphatic heterocycles. The Hall–Kier alpha value is -1.08. The molecule has 0 unspecified atom stereocenters. The van der Waals surface area contributed by atoms with Crippen molar-refractivity contribution in [2.24, 2.45) is 0 Å². The molecule has 0 saturated carbocycles. The van der Waals surface area contributed by atoms with Crippen LogP contribution in [0.4, 0.5) is 13.2 Å². The lowest BCUT2D eigenvalue weighted by Crippen LogP contribution is -2.27. The molecule has 0 aliphatic carbocycles. The van der Waals surface area contributed by atoms with E-state index in [1.54, 1.807) is 0 Å². The summed E-state index contributed by atoms with van der Waals surface area (Å²) in [4.78, 5) is 11.8. The summed E-state index contributed by atoms with van der Waals surface area (Å²) in [7, 11) is 0. The van der Waals surface area contributed by atoms with Crippen LogP contribution in [0.1, 0.15) is 29.3 Å². The fourth-order valence-electron chi connectivity index (χ4n) is 1.58. The number of hydrogen-bond acceptors (Lipinski definition) is 2. The van der Waals surface area contributed by atoms with E-state index in [1.807, 2.05) is 6.92 Å². The van der Waals surface area contributed by atoms with Crippen LogP contribution in [0.25, 0.3) is 0 Å². The molecular formula is C13H16BrF3N2O. The maximum absolute atomic E-state index is 12.7. The van der Waals surface area contributed by atoms with Gasteiger partial charge in [-0.2, -0.15) is 13.2 Å². The van der Waals surface area contributed by atoms with Crippen molar-refractivity contribution in [1.29, 1.82) is 0 Å². The maximum Gasteiger partial charge on any atom is 0.417 e. The third-order valence-electron chi connectivity index (χ3n) is 2.60.